The van der Waals surface area contributed by atoms with E-state index in [1.165, 1.54) is 96.3 Å². The molecule has 0 aromatic heterocycles. The number of unbranched alkanes of at least 4 members (excludes halogenated alkanes) is 24. The standard InChI is InChI=1S/C54H94O6/c1-4-7-10-13-15-17-19-21-23-24-25-26-27-28-29-30-31-33-34-36-38-41-44-47-53(56)59-50-51(49-58-52(55)46-43-40-12-9-6-3)60-54(57)48-45-42-39-37-35-32-22-20-18-16-14-11-8-5-2/h14,16,19-22,24-25,27-28,51H,4-13,15,17-18,23,26,29-50H2,1-3H3/b16-14-,21-19-,22-20-,25-24-,28-27-. The summed E-state index contributed by atoms with van der Waals surface area (Å²) < 4.78 is 16.6. The average Bonchev–Trinajstić information content (AvgIpc) is 3.24. The van der Waals surface area contributed by atoms with E-state index >= 15 is 0 Å². The number of hydrogen-bond acceptors (Lipinski definition) is 6. The topological polar surface area (TPSA) is 78.9 Å². The molecule has 346 valence electrons. The summed E-state index contributed by atoms with van der Waals surface area (Å²) in [6.45, 7) is 6.48. The van der Waals surface area contributed by atoms with Crippen LogP contribution < -0.4 is 0 Å². The highest BCUT2D eigenvalue weighted by atomic mass is 16.6. The van der Waals surface area contributed by atoms with Crippen molar-refractivity contribution in [3.8, 4) is 0 Å². The summed E-state index contributed by atoms with van der Waals surface area (Å²) in [6, 6.07) is 0. The average molecular weight is 839 g/mol. The smallest absolute Gasteiger partial charge is 0.306 e. The van der Waals surface area contributed by atoms with E-state index in [9.17, 15) is 14.4 Å². The molecule has 0 amide bonds. The Balaban J connectivity index is 4.16. The maximum Gasteiger partial charge on any atom is 0.306 e. The minimum atomic E-state index is -0.780. The summed E-state index contributed by atoms with van der Waals surface area (Å²) in [5.41, 5.74) is 0. The minimum absolute atomic E-state index is 0.0834. The molecule has 0 aliphatic rings. The van der Waals surface area contributed by atoms with Crippen LogP contribution in [0.15, 0.2) is 60.8 Å². The molecule has 1 unspecified atom stereocenters. The summed E-state index contributed by atoms with van der Waals surface area (Å²) in [5, 5.41) is 0. The van der Waals surface area contributed by atoms with E-state index in [1.807, 2.05) is 0 Å². The van der Waals surface area contributed by atoms with E-state index in [4.69, 9.17) is 14.2 Å². The summed E-state index contributed by atoms with van der Waals surface area (Å²) >= 11 is 0. The number of rotatable bonds is 45. The third-order valence-corrected chi connectivity index (χ3v) is 10.7. The van der Waals surface area contributed by atoms with Gasteiger partial charge in [-0.1, -0.05) is 204 Å². The lowest BCUT2D eigenvalue weighted by Gasteiger charge is -2.18. The maximum atomic E-state index is 12.7. The Morgan fingerprint density at radius 1 is 0.333 bits per heavy atom. The fraction of sp³-hybridized carbons (Fsp3) is 0.759. The van der Waals surface area contributed by atoms with Crippen LogP contribution in [-0.4, -0.2) is 37.2 Å². The lowest BCUT2D eigenvalue weighted by molar-refractivity contribution is -0.167. The van der Waals surface area contributed by atoms with Gasteiger partial charge in [0.05, 0.1) is 0 Å². The van der Waals surface area contributed by atoms with Gasteiger partial charge < -0.3 is 14.2 Å². The fourth-order valence-electron chi connectivity index (χ4n) is 6.88. The summed E-state index contributed by atoms with van der Waals surface area (Å²) in [7, 11) is 0. The number of allylic oxidation sites excluding steroid dienone is 10. The predicted octanol–water partition coefficient (Wildman–Crippen LogP) is 16.5. The van der Waals surface area contributed by atoms with Gasteiger partial charge in [-0.25, -0.2) is 0 Å². The molecule has 0 aromatic carbocycles. The Bertz CT molecular complexity index is 1100. The van der Waals surface area contributed by atoms with Crippen molar-refractivity contribution in [3.05, 3.63) is 60.8 Å². The molecule has 0 spiro atoms. The first-order valence-corrected chi connectivity index (χ1v) is 25.3. The molecular weight excluding hydrogens is 745 g/mol. The van der Waals surface area contributed by atoms with E-state index in [2.05, 4.69) is 81.5 Å². The van der Waals surface area contributed by atoms with E-state index in [0.29, 0.717) is 19.3 Å². The molecule has 6 heteroatoms. The van der Waals surface area contributed by atoms with Gasteiger partial charge in [0.2, 0.25) is 0 Å². The fourth-order valence-corrected chi connectivity index (χ4v) is 6.88. The third kappa shape index (κ3) is 46.2. The highest BCUT2D eigenvalue weighted by Gasteiger charge is 2.19. The van der Waals surface area contributed by atoms with Crippen molar-refractivity contribution >= 4 is 17.9 Å². The molecule has 0 radical (unpaired) electrons. The first-order valence-electron chi connectivity index (χ1n) is 25.3. The SMILES string of the molecule is CCCC/C=C\C/C=C\CCCCCCCC(=O)OC(COC(=O)CCCCCCC)COC(=O)CCCCCCCCCC/C=C\C/C=C\C/C=C\CCCCCCC. The van der Waals surface area contributed by atoms with Crippen LogP contribution in [0.4, 0.5) is 0 Å². The highest BCUT2D eigenvalue weighted by molar-refractivity contribution is 5.71. The van der Waals surface area contributed by atoms with Crippen molar-refractivity contribution in [3.63, 3.8) is 0 Å². The monoisotopic (exact) mass is 839 g/mol. The van der Waals surface area contributed by atoms with Crippen molar-refractivity contribution in [1.29, 1.82) is 0 Å². The molecule has 0 N–H and O–H groups in total. The van der Waals surface area contributed by atoms with Crippen LogP contribution in [0.25, 0.3) is 0 Å². The summed E-state index contributed by atoms with van der Waals surface area (Å²) in [6.07, 6.45) is 59.5. The van der Waals surface area contributed by atoms with E-state index in [1.54, 1.807) is 0 Å². The first kappa shape index (κ1) is 57.1. The molecule has 0 aromatic rings. The lowest BCUT2D eigenvalue weighted by Crippen LogP contribution is -2.30. The van der Waals surface area contributed by atoms with Crippen LogP contribution in [0.5, 0.6) is 0 Å². The van der Waals surface area contributed by atoms with Crippen LogP contribution in [0.3, 0.4) is 0 Å². The van der Waals surface area contributed by atoms with Crippen LogP contribution in [0.2, 0.25) is 0 Å². The van der Waals surface area contributed by atoms with Gasteiger partial charge in [0.15, 0.2) is 6.10 Å². The van der Waals surface area contributed by atoms with E-state index in [0.717, 1.165) is 109 Å². The molecule has 1 atom stereocenters. The van der Waals surface area contributed by atoms with Gasteiger partial charge >= 0.3 is 17.9 Å². The van der Waals surface area contributed by atoms with Crippen molar-refractivity contribution in [2.24, 2.45) is 0 Å². The Hall–Kier alpha value is -2.89. The molecule has 0 fully saturated rings. The normalized spacial score (nSPS) is 12.5. The molecular formula is C54H94O6. The van der Waals surface area contributed by atoms with Crippen LogP contribution in [0, 0.1) is 0 Å². The Morgan fingerprint density at radius 2 is 0.617 bits per heavy atom. The largest absolute Gasteiger partial charge is 0.462 e. The van der Waals surface area contributed by atoms with Crippen molar-refractivity contribution in [2.75, 3.05) is 13.2 Å². The number of ether oxygens (including phenoxy) is 3. The van der Waals surface area contributed by atoms with E-state index < -0.39 is 6.10 Å². The van der Waals surface area contributed by atoms with Gasteiger partial charge in [-0.3, -0.25) is 14.4 Å². The quantitative estimate of drug-likeness (QED) is 0.0263. The number of carbonyl (C=O) groups is 3. The van der Waals surface area contributed by atoms with Crippen molar-refractivity contribution in [2.45, 2.75) is 252 Å². The molecule has 60 heavy (non-hydrogen) atoms. The molecule has 0 rings (SSSR count). The second-order valence-electron chi connectivity index (χ2n) is 16.7. The van der Waals surface area contributed by atoms with Gasteiger partial charge in [-0.2, -0.15) is 0 Å². The highest BCUT2D eigenvalue weighted by Crippen LogP contribution is 2.14. The van der Waals surface area contributed by atoms with Gasteiger partial charge in [0.1, 0.15) is 13.2 Å². The summed E-state index contributed by atoms with van der Waals surface area (Å²) in [4.78, 5) is 37.6. The zero-order valence-corrected chi connectivity index (χ0v) is 39.5. The summed E-state index contributed by atoms with van der Waals surface area (Å²) in [5.74, 6) is -0.918. The molecule has 0 aliphatic heterocycles. The maximum absolute atomic E-state index is 12.7. The van der Waals surface area contributed by atoms with Gasteiger partial charge in [0.25, 0.3) is 0 Å². The molecule has 0 bridgehead atoms. The Morgan fingerprint density at radius 3 is 0.983 bits per heavy atom. The molecule has 0 saturated heterocycles. The lowest BCUT2D eigenvalue weighted by atomic mass is 10.1. The molecule has 0 heterocycles. The second kappa shape index (κ2) is 48.8. The van der Waals surface area contributed by atoms with Crippen LogP contribution in [0.1, 0.15) is 245 Å². The molecule has 0 saturated carbocycles. The second-order valence-corrected chi connectivity index (χ2v) is 16.7. The number of hydrogen-bond donors (Lipinski definition) is 0. The number of esters is 3. The zero-order chi connectivity index (χ0) is 43.7. The Labute approximate surface area is 370 Å². The van der Waals surface area contributed by atoms with E-state index in [-0.39, 0.29) is 31.1 Å². The number of carbonyl (C=O) groups excluding carboxylic acids is 3. The van der Waals surface area contributed by atoms with Crippen LogP contribution in [-0.2, 0) is 28.6 Å². The van der Waals surface area contributed by atoms with Gasteiger partial charge in [-0.05, 0) is 83.5 Å². The van der Waals surface area contributed by atoms with Crippen molar-refractivity contribution in [1.82, 2.24) is 0 Å². The first-order chi connectivity index (χ1) is 29.5. The van der Waals surface area contributed by atoms with Gasteiger partial charge in [0, 0.05) is 19.3 Å². The Kier molecular flexibility index (Phi) is 46.4. The molecule has 0 aliphatic carbocycles. The zero-order valence-electron chi connectivity index (χ0n) is 39.5. The third-order valence-electron chi connectivity index (χ3n) is 10.7. The van der Waals surface area contributed by atoms with Gasteiger partial charge in [-0.15, -0.1) is 0 Å². The predicted molar refractivity (Wildman–Crippen MR) is 256 cm³/mol. The molecule has 6 nitrogen and oxygen atoms in total. The van der Waals surface area contributed by atoms with Crippen molar-refractivity contribution < 1.29 is 28.6 Å². The minimum Gasteiger partial charge on any atom is -0.462 e. The van der Waals surface area contributed by atoms with Crippen LogP contribution >= 0.6 is 0 Å².